The van der Waals surface area contributed by atoms with Gasteiger partial charge in [-0.15, -0.1) is 0 Å². The van der Waals surface area contributed by atoms with Gasteiger partial charge in [-0.1, -0.05) is 13.8 Å². The Hall–Kier alpha value is -0.800. The van der Waals surface area contributed by atoms with Gasteiger partial charge in [0.1, 0.15) is 11.5 Å². The Morgan fingerprint density at radius 2 is 2.14 bits per heavy atom. The van der Waals surface area contributed by atoms with Crippen LogP contribution in [0.25, 0.3) is 0 Å². The largest absolute Gasteiger partial charge is 0.465 e. The van der Waals surface area contributed by atoms with Crippen molar-refractivity contribution in [2.24, 2.45) is 5.92 Å². The Balaban J connectivity index is 2.22. The van der Waals surface area contributed by atoms with Crippen LogP contribution >= 0.6 is 0 Å². The predicted octanol–water partition coefficient (Wildman–Crippen LogP) is 1.69. The topological polar surface area (TPSA) is 45.4 Å². The Morgan fingerprint density at radius 3 is 2.64 bits per heavy atom. The number of rotatable bonds is 5. The minimum atomic E-state index is -0.286. The average molecular weight is 197 g/mol. The van der Waals surface area contributed by atoms with Crippen LogP contribution in [0.5, 0.6) is 0 Å². The maximum atomic E-state index is 9.52. The molecular formula is C11H19NO2. The van der Waals surface area contributed by atoms with Crippen molar-refractivity contribution in [3.8, 4) is 0 Å². The van der Waals surface area contributed by atoms with E-state index in [0.717, 1.165) is 11.5 Å². The molecule has 1 unspecified atom stereocenters. The molecule has 0 spiro atoms. The number of hydrogen-bond donors (Lipinski definition) is 2. The molecule has 0 saturated carbocycles. The molecule has 3 nitrogen and oxygen atoms in total. The highest BCUT2D eigenvalue weighted by molar-refractivity contribution is 5.05. The second kappa shape index (κ2) is 5.17. The molecule has 0 aromatic carbocycles. The normalized spacial score (nSPS) is 13.5. The van der Waals surface area contributed by atoms with Gasteiger partial charge in [-0.25, -0.2) is 0 Å². The van der Waals surface area contributed by atoms with Crippen molar-refractivity contribution in [3.05, 3.63) is 23.7 Å². The van der Waals surface area contributed by atoms with E-state index < -0.39 is 0 Å². The molecule has 0 aliphatic rings. The standard InChI is InChI=1S/C11H19NO2/c1-8(2)11(13)7-12-6-10-5-4-9(3)14-10/h4-5,8,11-13H,6-7H2,1-3H3. The number of aryl methyl sites for hydroxylation is 1. The third kappa shape index (κ3) is 3.52. The van der Waals surface area contributed by atoms with E-state index in [1.54, 1.807) is 0 Å². The summed E-state index contributed by atoms with van der Waals surface area (Å²) in [6, 6.07) is 3.89. The van der Waals surface area contributed by atoms with Crippen molar-refractivity contribution < 1.29 is 9.52 Å². The summed E-state index contributed by atoms with van der Waals surface area (Å²) in [5, 5.41) is 12.7. The molecular weight excluding hydrogens is 178 g/mol. The fourth-order valence-corrected chi connectivity index (χ4v) is 1.16. The number of nitrogens with one attached hydrogen (secondary N) is 1. The van der Waals surface area contributed by atoms with Gasteiger partial charge in [0.25, 0.3) is 0 Å². The molecule has 0 bridgehead atoms. The highest BCUT2D eigenvalue weighted by Gasteiger charge is 2.08. The van der Waals surface area contributed by atoms with E-state index in [-0.39, 0.29) is 6.10 Å². The van der Waals surface area contributed by atoms with Crippen molar-refractivity contribution in [1.82, 2.24) is 5.32 Å². The molecule has 0 radical (unpaired) electrons. The zero-order chi connectivity index (χ0) is 10.6. The summed E-state index contributed by atoms with van der Waals surface area (Å²) in [6.45, 7) is 7.22. The summed E-state index contributed by atoms with van der Waals surface area (Å²) < 4.78 is 5.38. The lowest BCUT2D eigenvalue weighted by molar-refractivity contribution is 0.122. The summed E-state index contributed by atoms with van der Waals surface area (Å²) in [4.78, 5) is 0. The van der Waals surface area contributed by atoms with Crippen LogP contribution in [0.1, 0.15) is 25.4 Å². The monoisotopic (exact) mass is 197 g/mol. The molecule has 0 saturated heterocycles. The quantitative estimate of drug-likeness (QED) is 0.755. The smallest absolute Gasteiger partial charge is 0.117 e. The number of hydrogen-bond acceptors (Lipinski definition) is 3. The maximum Gasteiger partial charge on any atom is 0.117 e. The zero-order valence-corrected chi connectivity index (χ0v) is 9.08. The highest BCUT2D eigenvalue weighted by atomic mass is 16.3. The van der Waals surface area contributed by atoms with Crippen LogP contribution in [0.15, 0.2) is 16.5 Å². The van der Waals surface area contributed by atoms with Crippen LogP contribution in [-0.4, -0.2) is 17.8 Å². The molecule has 1 aromatic heterocycles. The molecule has 0 amide bonds. The Labute approximate surface area is 85.1 Å². The molecule has 14 heavy (non-hydrogen) atoms. The Kier molecular flexibility index (Phi) is 4.17. The van der Waals surface area contributed by atoms with Gasteiger partial charge in [0.2, 0.25) is 0 Å². The van der Waals surface area contributed by atoms with Crippen LogP contribution in [0.2, 0.25) is 0 Å². The SMILES string of the molecule is Cc1ccc(CNCC(O)C(C)C)o1. The van der Waals surface area contributed by atoms with E-state index >= 15 is 0 Å². The first kappa shape index (κ1) is 11.3. The lowest BCUT2D eigenvalue weighted by atomic mass is 10.1. The van der Waals surface area contributed by atoms with Gasteiger partial charge < -0.3 is 14.8 Å². The van der Waals surface area contributed by atoms with E-state index in [4.69, 9.17) is 4.42 Å². The van der Waals surface area contributed by atoms with E-state index in [0.29, 0.717) is 19.0 Å². The summed E-state index contributed by atoms with van der Waals surface area (Å²) in [5.41, 5.74) is 0. The maximum absolute atomic E-state index is 9.52. The van der Waals surface area contributed by atoms with Gasteiger partial charge in [0.05, 0.1) is 12.6 Å². The van der Waals surface area contributed by atoms with E-state index in [9.17, 15) is 5.11 Å². The van der Waals surface area contributed by atoms with Crippen LogP contribution in [0.3, 0.4) is 0 Å². The summed E-state index contributed by atoms with van der Waals surface area (Å²) in [6.07, 6.45) is -0.286. The van der Waals surface area contributed by atoms with Crippen molar-refractivity contribution in [2.45, 2.75) is 33.4 Å². The van der Waals surface area contributed by atoms with Crippen molar-refractivity contribution in [1.29, 1.82) is 0 Å². The van der Waals surface area contributed by atoms with Gasteiger partial charge in [0.15, 0.2) is 0 Å². The number of furan rings is 1. The fourth-order valence-electron chi connectivity index (χ4n) is 1.16. The highest BCUT2D eigenvalue weighted by Crippen LogP contribution is 2.06. The second-order valence-electron chi connectivity index (χ2n) is 3.95. The molecule has 0 aliphatic carbocycles. The first-order chi connectivity index (χ1) is 6.59. The van der Waals surface area contributed by atoms with Gasteiger partial charge in [-0.3, -0.25) is 0 Å². The van der Waals surface area contributed by atoms with Gasteiger partial charge in [-0.2, -0.15) is 0 Å². The second-order valence-corrected chi connectivity index (χ2v) is 3.95. The minimum Gasteiger partial charge on any atom is -0.465 e. The number of aliphatic hydroxyl groups is 1. The Bertz CT molecular complexity index is 268. The van der Waals surface area contributed by atoms with Crippen molar-refractivity contribution in [3.63, 3.8) is 0 Å². The first-order valence-corrected chi connectivity index (χ1v) is 5.03. The summed E-state index contributed by atoms with van der Waals surface area (Å²) >= 11 is 0. The molecule has 1 heterocycles. The molecule has 0 aliphatic heterocycles. The van der Waals surface area contributed by atoms with Crippen LogP contribution < -0.4 is 5.32 Å². The molecule has 80 valence electrons. The fraction of sp³-hybridized carbons (Fsp3) is 0.636. The molecule has 1 rings (SSSR count). The van der Waals surface area contributed by atoms with E-state index in [2.05, 4.69) is 5.32 Å². The summed E-state index contributed by atoms with van der Waals surface area (Å²) in [7, 11) is 0. The number of aliphatic hydroxyl groups excluding tert-OH is 1. The lowest BCUT2D eigenvalue weighted by Crippen LogP contribution is -2.30. The predicted molar refractivity (Wildman–Crippen MR) is 56.0 cm³/mol. The van der Waals surface area contributed by atoms with E-state index in [1.807, 2.05) is 32.9 Å². The lowest BCUT2D eigenvalue weighted by Gasteiger charge is -2.14. The van der Waals surface area contributed by atoms with Crippen LogP contribution in [0, 0.1) is 12.8 Å². The summed E-state index contributed by atoms with van der Waals surface area (Å²) in [5.74, 6) is 2.13. The molecule has 0 fully saturated rings. The minimum absolute atomic E-state index is 0.286. The average Bonchev–Trinajstić information content (AvgIpc) is 2.51. The molecule has 3 heteroatoms. The Morgan fingerprint density at radius 1 is 1.43 bits per heavy atom. The van der Waals surface area contributed by atoms with Crippen molar-refractivity contribution >= 4 is 0 Å². The molecule has 2 N–H and O–H groups in total. The van der Waals surface area contributed by atoms with Gasteiger partial charge in [-0.05, 0) is 25.0 Å². The van der Waals surface area contributed by atoms with Gasteiger partial charge >= 0.3 is 0 Å². The molecule has 1 atom stereocenters. The third-order valence-corrected chi connectivity index (χ3v) is 2.22. The van der Waals surface area contributed by atoms with Crippen LogP contribution in [0.4, 0.5) is 0 Å². The first-order valence-electron chi connectivity index (χ1n) is 5.03. The van der Waals surface area contributed by atoms with Crippen molar-refractivity contribution in [2.75, 3.05) is 6.54 Å². The molecule has 1 aromatic rings. The van der Waals surface area contributed by atoms with Crippen LogP contribution in [-0.2, 0) is 6.54 Å². The van der Waals surface area contributed by atoms with E-state index in [1.165, 1.54) is 0 Å². The third-order valence-electron chi connectivity index (χ3n) is 2.22. The zero-order valence-electron chi connectivity index (χ0n) is 9.08. The van der Waals surface area contributed by atoms with Gasteiger partial charge in [0, 0.05) is 6.54 Å².